The van der Waals surface area contributed by atoms with Crippen molar-refractivity contribution in [2.45, 2.75) is 32.2 Å². The van der Waals surface area contributed by atoms with Crippen LogP contribution in [-0.2, 0) is 13.6 Å². The predicted octanol–water partition coefficient (Wildman–Crippen LogP) is 2.05. The number of carbonyl (C=O) groups excluding carboxylic acids is 1. The fraction of sp³-hybridized carbons (Fsp3) is 0.400. The van der Waals surface area contributed by atoms with Crippen molar-refractivity contribution in [3.8, 4) is 0 Å². The lowest BCUT2D eigenvalue weighted by Gasteiger charge is -2.32. The second-order valence-corrected chi connectivity index (χ2v) is 7.37. The van der Waals surface area contributed by atoms with E-state index < -0.39 is 0 Å². The van der Waals surface area contributed by atoms with Gasteiger partial charge in [0.15, 0.2) is 0 Å². The van der Waals surface area contributed by atoms with Crippen molar-refractivity contribution < 1.29 is 4.79 Å². The van der Waals surface area contributed by atoms with E-state index in [1.807, 2.05) is 24.7 Å². The van der Waals surface area contributed by atoms with Crippen molar-refractivity contribution in [2.24, 2.45) is 7.05 Å². The van der Waals surface area contributed by atoms with Crippen molar-refractivity contribution in [1.82, 2.24) is 30.0 Å². The number of amides is 2. The number of nitrogens with zero attached hydrogens (tertiary/aromatic N) is 4. The summed E-state index contributed by atoms with van der Waals surface area (Å²) in [5.41, 5.74) is 3.65. The molecule has 1 atom stereocenters. The van der Waals surface area contributed by atoms with E-state index >= 15 is 0 Å². The Morgan fingerprint density at radius 2 is 2.21 bits per heavy atom. The van der Waals surface area contributed by atoms with Crippen LogP contribution in [0.3, 0.4) is 0 Å². The van der Waals surface area contributed by atoms with Gasteiger partial charge < -0.3 is 15.2 Å². The number of hydrogen-bond donors (Lipinski definition) is 2. The zero-order valence-electron chi connectivity index (χ0n) is 16.1. The summed E-state index contributed by atoms with van der Waals surface area (Å²) >= 11 is 0. The average molecular weight is 380 g/mol. The Labute approximate surface area is 162 Å². The van der Waals surface area contributed by atoms with E-state index in [0.29, 0.717) is 19.6 Å². The summed E-state index contributed by atoms with van der Waals surface area (Å²) in [7, 11) is 1.91. The highest BCUT2D eigenvalue weighted by molar-refractivity contribution is 5.83. The number of hydrogen-bond acceptors (Lipinski definition) is 4. The molecule has 0 radical (unpaired) electrons. The third kappa shape index (κ3) is 3.62. The quantitative estimate of drug-likeness (QED) is 0.727. The Kier molecular flexibility index (Phi) is 4.85. The van der Waals surface area contributed by atoms with Crippen molar-refractivity contribution in [3.05, 3.63) is 57.9 Å². The third-order valence-electron chi connectivity index (χ3n) is 5.32. The fourth-order valence-electron chi connectivity index (χ4n) is 3.86. The van der Waals surface area contributed by atoms with Gasteiger partial charge in [0, 0.05) is 37.5 Å². The fourth-order valence-corrected chi connectivity index (χ4v) is 3.86. The molecule has 3 aromatic rings. The minimum Gasteiger partial charge on any atom is -0.332 e. The van der Waals surface area contributed by atoms with Crippen LogP contribution < -0.4 is 10.9 Å². The van der Waals surface area contributed by atoms with E-state index in [1.165, 1.54) is 12.4 Å². The number of carbonyl (C=O) groups is 1. The van der Waals surface area contributed by atoms with Crippen LogP contribution in [0.2, 0.25) is 0 Å². The van der Waals surface area contributed by atoms with E-state index in [4.69, 9.17) is 0 Å². The van der Waals surface area contributed by atoms with Crippen LogP contribution in [-0.4, -0.2) is 43.8 Å². The van der Waals surface area contributed by atoms with E-state index in [1.54, 1.807) is 4.90 Å². The lowest BCUT2D eigenvalue weighted by molar-refractivity contribution is 0.178. The highest BCUT2D eigenvalue weighted by Crippen LogP contribution is 2.25. The standard InChI is InChI=1S/C20H24N6O2/c1-13-5-6-18-15(8-13)17(24-25(18)2)10-21-20(28)26-7-3-4-14(11-26)16-9-19(27)23-12-22-16/h5-6,8-9,12,14H,3-4,7,10-11H2,1-2H3,(H,21,28)(H,22,23,27). The molecule has 1 unspecified atom stereocenters. The number of urea groups is 1. The molecule has 28 heavy (non-hydrogen) atoms. The summed E-state index contributed by atoms with van der Waals surface area (Å²) in [5, 5.41) is 8.62. The normalized spacial score (nSPS) is 17.1. The smallest absolute Gasteiger partial charge is 0.317 e. The van der Waals surface area contributed by atoms with Gasteiger partial charge in [-0.1, -0.05) is 11.6 Å². The van der Waals surface area contributed by atoms with Crippen molar-refractivity contribution in [2.75, 3.05) is 13.1 Å². The van der Waals surface area contributed by atoms with Crippen molar-refractivity contribution in [3.63, 3.8) is 0 Å². The van der Waals surface area contributed by atoms with Crippen LogP contribution in [0.5, 0.6) is 0 Å². The molecule has 1 saturated heterocycles. The molecule has 1 aromatic carbocycles. The Bertz CT molecular complexity index is 1070. The van der Waals surface area contributed by atoms with Gasteiger partial charge in [-0.25, -0.2) is 9.78 Å². The number of benzene rings is 1. The average Bonchev–Trinajstić information content (AvgIpc) is 3.01. The first-order chi connectivity index (χ1) is 13.5. The van der Waals surface area contributed by atoms with E-state index in [0.717, 1.165) is 40.7 Å². The number of aromatic nitrogens is 4. The number of nitrogens with one attached hydrogen (secondary N) is 2. The summed E-state index contributed by atoms with van der Waals surface area (Å²) in [4.78, 5) is 32.9. The minimum absolute atomic E-state index is 0.0835. The predicted molar refractivity (Wildman–Crippen MR) is 106 cm³/mol. The molecule has 2 N–H and O–H groups in total. The molecule has 0 spiro atoms. The van der Waals surface area contributed by atoms with Crippen LogP contribution in [0.4, 0.5) is 4.79 Å². The molecule has 2 aromatic heterocycles. The molecule has 8 nitrogen and oxygen atoms in total. The first-order valence-electron chi connectivity index (χ1n) is 9.51. The molecule has 4 rings (SSSR count). The van der Waals surface area contributed by atoms with Gasteiger partial charge in [-0.05, 0) is 31.9 Å². The number of piperidine rings is 1. The maximum atomic E-state index is 12.7. The Balaban J connectivity index is 1.44. The second-order valence-electron chi connectivity index (χ2n) is 7.37. The maximum absolute atomic E-state index is 12.7. The van der Waals surface area contributed by atoms with Gasteiger partial charge in [-0.15, -0.1) is 0 Å². The van der Waals surface area contributed by atoms with Gasteiger partial charge in [0.2, 0.25) is 0 Å². The first kappa shape index (κ1) is 18.2. The van der Waals surface area contributed by atoms with E-state index in [2.05, 4.69) is 32.5 Å². The van der Waals surface area contributed by atoms with Gasteiger partial charge in [-0.3, -0.25) is 9.48 Å². The number of aromatic amines is 1. The van der Waals surface area contributed by atoms with Gasteiger partial charge in [-0.2, -0.15) is 5.10 Å². The molecule has 146 valence electrons. The van der Waals surface area contributed by atoms with Crippen LogP contribution in [0.25, 0.3) is 10.9 Å². The highest BCUT2D eigenvalue weighted by atomic mass is 16.2. The van der Waals surface area contributed by atoms with Crippen LogP contribution in [0.15, 0.2) is 35.4 Å². The molecule has 0 saturated carbocycles. The summed E-state index contributed by atoms with van der Waals surface area (Å²) in [5.74, 6) is 0.0835. The van der Waals surface area contributed by atoms with Crippen LogP contribution in [0.1, 0.15) is 35.7 Å². The molecule has 2 amide bonds. The molecule has 1 fully saturated rings. The SMILES string of the molecule is Cc1ccc2c(c1)c(CNC(=O)N1CCCC(c3cc(=O)[nH]cn3)C1)nn2C. The molecular weight excluding hydrogens is 356 g/mol. The van der Waals surface area contributed by atoms with Gasteiger partial charge in [0.25, 0.3) is 5.56 Å². The summed E-state index contributed by atoms with van der Waals surface area (Å²) in [6.45, 7) is 3.69. The monoisotopic (exact) mass is 380 g/mol. The molecule has 1 aliphatic heterocycles. The van der Waals surface area contributed by atoms with Gasteiger partial charge in [0.1, 0.15) is 0 Å². The third-order valence-corrected chi connectivity index (χ3v) is 5.32. The molecule has 0 bridgehead atoms. The number of rotatable bonds is 3. The number of likely N-dealkylation sites (tertiary alicyclic amines) is 1. The summed E-state index contributed by atoms with van der Waals surface area (Å²) in [6, 6.07) is 7.62. The largest absolute Gasteiger partial charge is 0.332 e. The summed E-state index contributed by atoms with van der Waals surface area (Å²) in [6.07, 6.45) is 3.23. The van der Waals surface area contributed by atoms with Gasteiger partial charge in [0.05, 0.1) is 29.8 Å². The minimum atomic E-state index is -0.163. The summed E-state index contributed by atoms with van der Waals surface area (Å²) < 4.78 is 1.84. The molecule has 0 aliphatic carbocycles. The molecule has 1 aliphatic rings. The van der Waals surface area contributed by atoms with E-state index in [-0.39, 0.29) is 17.5 Å². The topological polar surface area (TPSA) is 95.9 Å². The number of aryl methyl sites for hydroxylation is 2. The number of H-pyrrole nitrogens is 1. The Hall–Kier alpha value is -3.16. The second kappa shape index (κ2) is 7.46. The zero-order valence-corrected chi connectivity index (χ0v) is 16.1. The Morgan fingerprint density at radius 3 is 3.04 bits per heavy atom. The first-order valence-corrected chi connectivity index (χ1v) is 9.51. The molecular formula is C20H24N6O2. The highest BCUT2D eigenvalue weighted by Gasteiger charge is 2.26. The lowest BCUT2D eigenvalue weighted by Crippen LogP contribution is -2.45. The Morgan fingerprint density at radius 1 is 1.36 bits per heavy atom. The maximum Gasteiger partial charge on any atom is 0.317 e. The number of fused-ring (bicyclic) bond motifs is 1. The molecule has 8 heteroatoms. The van der Waals surface area contributed by atoms with E-state index in [9.17, 15) is 9.59 Å². The van der Waals surface area contributed by atoms with Crippen LogP contribution >= 0.6 is 0 Å². The van der Waals surface area contributed by atoms with Crippen molar-refractivity contribution in [1.29, 1.82) is 0 Å². The van der Waals surface area contributed by atoms with Gasteiger partial charge >= 0.3 is 6.03 Å². The van der Waals surface area contributed by atoms with Crippen molar-refractivity contribution >= 4 is 16.9 Å². The zero-order chi connectivity index (χ0) is 19.7. The lowest BCUT2D eigenvalue weighted by atomic mass is 9.95. The van der Waals surface area contributed by atoms with Crippen LogP contribution in [0, 0.1) is 6.92 Å². The molecule has 3 heterocycles.